The molecule has 0 amide bonds. The van der Waals surface area contributed by atoms with Crippen LogP contribution < -0.4 is 10.4 Å². The van der Waals surface area contributed by atoms with E-state index in [0.717, 1.165) is 11.8 Å². The summed E-state index contributed by atoms with van der Waals surface area (Å²) >= 11 is 0. The smallest absolute Gasteiger partial charge is 0.336 e. The molecule has 1 aromatic heterocycles. The molecule has 0 saturated carbocycles. The molecular formula is C19H20O6. The van der Waals surface area contributed by atoms with Crippen molar-refractivity contribution in [2.24, 2.45) is 5.92 Å². The van der Waals surface area contributed by atoms with Crippen LogP contribution in [-0.4, -0.2) is 30.4 Å². The Kier molecular flexibility index (Phi) is 3.80. The van der Waals surface area contributed by atoms with Crippen molar-refractivity contribution in [1.29, 1.82) is 0 Å². The number of carbonyl (C=O) groups excluding carboxylic acids is 1. The van der Waals surface area contributed by atoms with Gasteiger partial charge in [0.15, 0.2) is 0 Å². The molecule has 0 N–H and O–H groups in total. The van der Waals surface area contributed by atoms with Crippen molar-refractivity contribution in [3.8, 4) is 5.75 Å². The summed E-state index contributed by atoms with van der Waals surface area (Å²) in [5.74, 6) is 0.467. The SMILES string of the molecule is CC1CC(C[C@]2(C)O[C@H]2COc2ccc3ccc(=O)oc3c2)OC1=O. The van der Waals surface area contributed by atoms with Crippen LogP contribution in [0.2, 0.25) is 0 Å². The zero-order valence-corrected chi connectivity index (χ0v) is 14.2. The van der Waals surface area contributed by atoms with Crippen molar-refractivity contribution in [1.82, 2.24) is 0 Å². The summed E-state index contributed by atoms with van der Waals surface area (Å²) in [7, 11) is 0. The molecule has 132 valence electrons. The molecule has 0 spiro atoms. The lowest BCUT2D eigenvalue weighted by molar-refractivity contribution is -0.144. The van der Waals surface area contributed by atoms with Gasteiger partial charge < -0.3 is 18.6 Å². The Hall–Kier alpha value is -2.34. The third-order valence-corrected chi connectivity index (χ3v) is 4.97. The van der Waals surface area contributed by atoms with E-state index in [1.165, 1.54) is 6.07 Å². The zero-order chi connectivity index (χ0) is 17.6. The van der Waals surface area contributed by atoms with Gasteiger partial charge in [-0.2, -0.15) is 0 Å². The lowest BCUT2D eigenvalue weighted by Crippen LogP contribution is -2.22. The molecule has 2 fully saturated rings. The van der Waals surface area contributed by atoms with E-state index in [4.69, 9.17) is 18.6 Å². The molecule has 2 unspecified atom stereocenters. The third kappa shape index (κ3) is 3.26. The standard InChI is InChI=1S/C19H20O6/c1-11-7-14(23-18(11)21)9-19(2)16(25-19)10-22-13-5-3-12-4-6-17(20)24-15(12)8-13/h3-6,8,11,14,16H,7,9-10H2,1-2H3/t11?,14?,16-,19-/m0/s1. The van der Waals surface area contributed by atoms with Crippen LogP contribution in [0.4, 0.5) is 0 Å². The van der Waals surface area contributed by atoms with Crippen LogP contribution in [-0.2, 0) is 14.3 Å². The van der Waals surface area contributed by atoms with Gasteiger partial charge in [0.1, 0.15) is 30.1 Å². The Bertz CT molecular complexity index is 872. The van der Waals surface area contributed by atoms with Gasteiger partial charge in [0.2, 0.25) is 0 Å². The molecule has 25 heavy (non-hydrogen) atoms. The van der Waals surface area contributed by atoms with E-state index >= 15 is 0 Å². The van der Waals surface area contributed by atoms with Crippen molar-refractivity contribution in [2.75, 3.05) is 6.61 Å². The summed E-state index contributed by atoms with van der Waals surface area (Å²) < 4.78 is 22.1. The van der Waals surface area contributed by atoms with Crippen molar-refractivity contribution < 1.29 is 23.4 Å². The first-order valence-corrected chi connectivity index (χ1v) is 8.48. The molecular weight excluding hydrogens is 324 g/mol. The minimum absolute atomic E-state index is 0.0331. The highest BCUT2D eigenvalue weighted by atomic mass is 16.6. The maximum absolute atomic E-state index is 11.5. The number of cyclic esters (lactones) is 1. The van der Waals surface area contributed by atoms with E-state index in [1.54, 1.807) is 12.1 Å². The molecule has 0 radical (unpaired) electrons. The summed E-state index contributed by atoms with van der Waals surface area (Å²) in [6.45, 7) is 4.30. The van der Waals surface area contributed by atoms with Crippen LogP contribution in [0.3, 0.4) is 0 Å². The molecule has 3 heterocycles. The normalized spacial score (nSPS) is 31.1. The maximum atomic E-state index is 11.5. The fourth-order valence-electron chi connectivity index (χ4n) is 3.38. The number of esters is 1. The molecule has 2 aliphatic rings. The van der Waals surface area contributed by atoms with Gasteiger partial charge in [-0.1, -0.05) is 6.92 Å². The molecule has 6 nitrogen and oxygen atoms in total. The number of rotatable bonds is 5. The fraction of sp³-hybridized carbons (Fsp3) is 0.474. The third-order valence-electron chi connectivity index (χ3n) is 4.97. The second-order valence-corrected chi connectivity index (χ2v) is 7.08. The summed E-state index contributed by atoms with van der Waals surface area (Å²) in [6, 6.07) is 8.50. The number of carbonyl (C=O) groups is 1. The van der Waals surface area contributed by atoms with Gasteiger partial charge in [0, 0.05) is 23.9 Å². The lowest BCUT2D eigenvalue weighted by atomic mass is 9.96. The lowest BCUT2D eigenvalue weighted by Gasteiger charge is -2.13. The fourth-order valence-corrected chi connectivity index (χ4v) is 3.38. The van der Waals surface area contributed by atoms with Gasteiger partial charge in [-0.05, 0) is 31.5 Å². The molecule has 2 aliphatic heterocycles. The van der Waals surface area contributed by atoms with E-state index in [2.05, 4.69) is 0 Å². The van der Waals surface area contributed by atoms with Gasteiger partial charge >= 0.3 is 11.6 Å². The van der Waals surface area contributed by atoms with Crippen LogP contribution in [0.15, 0.2) is 39.5 Å². The Morgan fingerprint density at radius 2 is 2.04 bits per heavy atom. The minimum Gasteiger partial charge on any atom is -0.491 e. The predicted molar refractivity (Wildman–Crippen MR) is 89.5 cm³/mol. The first kappa shape index (κ1) is 16.1. The molecule has 0 aliphatic carbocycles. The highest BCUT2D eigenvalue weighted by Crippen LogP contribution is 2.43. The maximum Gasteiger partial charge on any atom is 0.336 e. The van der Waals surface area contributed by atoms with Crippen LogP contribution in [0, 0.1) is 5.92 Å². The number of benzene rings is 1. The quantitative estimate of drug-likeness (QED) is 0.471. The first-order chi connectivity index (χ1) is 11.9. The average molecular weight is 344 g/mol. The van der Waals surface area contributed by atoms with E-state index < -0.39 is 0 Å². The van der Waals surface area contributed by atoms with E-state index in [1.807, 2.05) is 26.0 Å². The van der Waals surface area contributed by atoms with Gasteiger partial charge in [0.25, 0.3) is 0 Å². The highest BCUT2D eigenvalue weighted by molar-refractivity contribution is 5.77. The van der Waals surface area contributed by atoms with Crippen LogP contribution in [0.1, 0.15) is 26.7 Å². The Morgan fingerprint density at radius 1 is 1.24 bits per heavy atom. The largest absolute Gasteiger partial charge is 0.491 e. The molecule has 4 atom stereocenters. The van der Waals surface area contributed by atoms with E-state index in [-0.39, 0.29) is 35.3 Å². The Balaban J connectivity index is 1.35. The monoisotopic (exact) mass is 344 g/mol. The van der Waals surface area contributed by atoms with Crippen molar-refractivity contribution in [3.05, 3.63) is 40.8 Å². The Labute approximate surface area is 144 Å². The van der Waals surface area contributed by atoms with Crippen LogP contribution in [0.25, 0.3) is 11.0 Å². The minimum atomic E-state index is -0.386. The number of fused-ring (bicyclic) bond motifs is 1. The van der Waals surface area contributed by atoms with E-state index in [0.29, 0.717) is 24.4 Å². The molecule has 4 rings (SSSR count). The van der Waals surface area contributed by atoms with Crippen molar-refractivity contribution >= 4 is 16.9 Å². The average Bonchev–Trinajstić information content (AvgIpc) is 3.10. The summed E-state index contributed by atoms with van der Waals surface area (Å²) in [6.07, 6.45) is 1.31. The first-order valence-electron chi connectivity index (χ1n) is 8.48. The molecule has 2 saturated heterocycles. The van der Waals surface area contributed by atoms with E-state index in [9.17, 15) is 9.59 Å². The summed E-state index contributed by atoms with van der Waals surface area (Å²) in [4.78, 5) is 22.8. The number of epoxide rings is 1. The van der Waals surface area contributed by atoms with Gasteiger partial charge in [-0.25, -0.2) is 4.79 Å². The molecule has 0 bridgehead atoms. The second kappa shape index (κ2) is 5.88. The number of hydrogen-bond acceptors (Lipinski definition) is 6. The number of hydrogen-bond donors (Lipinski definition) is 0. The van der Waals surface area contributed by atoms with Crippen LogP contribution >= 0.6 is 0 Å². The molecule has 2 aromatic rings. The van der Waals surface area contributed by atoms with Gasteiger partial charge in [-0.3, -0.25) is 4.79 Å². The highest BCUT2D eigenvalue weighted by Gasteiger charge is 2.55. The summed E-state index contributed by atoms with van der Waals surface area (Å²) in [5.41, 5.74) is -0.210. The van der Waals surface area contributed by atoms with Gasteiger partial charge in [0.05, 0.1) is 11.5 Å². The predicted octanol–water partition coefficient (Wildman–Crippen LogP) is 2.67. The summed E-state index contributed by atoms with van der Waals surface area (Å²) in [5, 5.41) is 0.844. The van der Waals surface area contributed by atoms with Gasteiger partial charge in [-0.15, -0.1) is 0 Å². The Morgan fingerprint density at radius 3 is 2.80 bits per heavy atom. The number of ether oxygens (including phenoxy) is 3. The second-order valence-electron chi connectivity index (χ2n) is 7.08. The van der Waals surface area contributed by atoms with Crippen molar-refractivity contribution in [3.63, 3.8) is 0 Å². The zero-order valence-electron chi connectivity index (χ0n) is 14.2. The van der Waals surface area contributed by atoms with Crippen molar-refractivity contribution in [2.45, 2.75) is 44.5 Å². The van der Waals surface area contributed by atoms with Crippen LogP contribution in [0.5, 0.6) is 5.75 Å². The molecule has 6 heteroatoms. The topological polar surface area (TPSA) is 78.3 Å². The molecule has 1 aromatic carbocycles.